The molecule has 3 rings (SSSR count). The average Bonchev–Trinajstić information content (AvgIpc) is 3.09. The number of furan rings is 1. The van der Waals surface area contributed by atoms with Gasteiger partial charge in [-0.2, -0.15) is 0 Å². The highest BCUT2D eigenvalue weighted by atomic mass is 19.1. The van der Waals surface area contributed by atoms with Crippen molar-refractivity contribution in [2.45, 2.75) is 13.8 Å². The Bertz CT molecular complexity index is 962. The van der Waals surface area contributed by atoms with Gasteiger partial charge in [-0.05, 0) is 73.0 Å². The molecule has 0 aliphatic heterocycles. The molecular weight excluding hydrogens is 335 g/mol. The fourth-order valence-corrected chi connectivity index (χ4v) is 2.49. The van der Waals surface area contributed by atoms with Crippen molar-refractivity contribution in [2.75, 3.05) is 0 Å². The number of aromatic hydroxyl groups is 1. The van der Waals surface area contributed by atoms with E-state index in [0.29, 0.717) is 5.76 Å². The van der Waals surface area contributed by atoms with Gasteiger partial charge in [-0.3, -0.25) is 0 Å². The number of halogens is 1. The second-order valence-corrected chi connectivity index (χ2v) is 5.86. The molecular formula is C21H17FO4. The van der Waals surface area contributed by atoms with E-state index in [1.807, 2.05) is 32.1 Å². The Morgan fingerprint density at radius 3 is 2.46 bits per heavy atom. The van der Waals surface area contributed by atoms with Crippen LogP contribution in [0.5, 0.6) is 11.5 Å². The molecule has 0 fully saturated rings. The van der Waals surface area contributed by atoms with Crippen molar-refractivity contribution < 1.29 is 23.4 Å². The predicted octanol–water partition coefficient (Wildman–Crippen LogP) is 5.13. The molecule has 0 saturated carbocycles. The van der Waals surface area contributed by atoms with E-state index in [2.05, 4.69) is 0 Å². The lowest BCUT2D eigenvalue weighted by molar-refractivity contribution is 0.0694. The number of hydrogen-bond donors (Lipinski definition) is 1. The summed E-state index contributed by atoms with van der Waals surface area (Å²) >= 11 is 0. The molecule has 1 aromatic heterocycles. The van der Waals surface area contributed by atoms with E-state index in [1.54, 1.807) is 18.2 Å². The Kier molecular flexibility index (Phi) is 4.89. The lowest BCUT2D eigenvalue weighted by Crippen LogP contribution is -2.08. The van der Waals surface area contributed by atoms with Crippen LogP contribution in [0.4, 0.5) is 4.39 Å². The van der Waals surface area contributed by atoms with E-state index in [9.17, 15) is 14.3 Å². The molecule has 0 amide bonds. The van der Waals surface area contributed by atoms with Crippen molar-refractivity contribution in [2.24, 2.45) is 0 Å². The Morgan fingerprint density at radius 1 is 1.08 bits per heavy atom. The van der Waals surface area contributed by atoms with Crippen LogP contribution >= 0.6 is 0 Å². The first kappa shape index (κ1) is 17.5. The minimum atomic E-state index is -0.772. The molecule has 0 bridgehead atoms. The third-order valence-corrected chi connectivity index (χ3v) is 3.82. The van der Waals surface area contributed by atoms with E-state index >= 15 is 0 Å². The summed E-state index contributed by atoms with van der Waals surface area (Å²) in [5.41, 5.74) is 2.45. The van der Waals surface area contributed by atoms with Gasteiger partial charge in [0.1, 0.15) is 11.5 Å². The molecule has 3 aromatic rings. The molecule has 4 nitrogen and oxygen atoms in total. The Balaban J connectivity index is 1.73. The SMILES string of the molecule is Cc1cc(/C=C/c2ccc(C(=O)Oc3ccccc3F)o2)cc(C)c1O. The first-order chi connectivity index (χ1) is 12.4. The van der Waals surface area contributed by atoms with Gasteiger partial charge in [-0.15, -0.1) is 0 Å². The summed E-state index contributed by atoms with van der Waals surface area (Å²) in [5.74, 6) is -0.837. The summed E-state index contributed by atoms with van der Waals surface area (Å²) in [5, 5.41) is 9.80. The summed E-state index contributed by atoms with van der Waals surface area (Å²) < 4.78 is 24.0. The maximum Gasteiger partial charge on any atom is 0.379 e. The molecule has 0 atom stereocenters. The second-order valence-electron chi connectivity index (χ2n) is 5.86. The quantitative estimate of drug-likeness (QED) is 0.522. The largest absolute Gasteiger partial charge is 0.507 e. The number of hydrogen-bond acceptors (Lipinski definition) is 4. The van der Waals surface area contributed by atoms with Crippen LogP contribution < -0.4 is 4.74 Å². The van der Waals surface area contributed by atoms with Crippen molar-refractivity contribution in [1.29, 1.82) is 0 Å². The Labute approximate surface area is 150 Å². The molecule has 1 heterocycles. The summed E-state index contributed by atoms with van der Waals surface area (Å²) in [6.45, 7) is 3.65. The number of esters is 1. The van der Waals surface area contributed by atoms with Crippen molar-refractivity contribution in [3.8, 4) is 11.5 Å². The minimum absolute atomic E-state index is 0.0222. The maximum absolute atomic E-state index is 13.5. The first-order valence-corrected chi connectivity index (χ1v) is 7.99. The van der Waals surface area contributed by atoms with Gasteiger partial charge in [-0.1, -0.05) is 18.2 Å². The first-order valence-electron chi connectivity index (χ1n) is 7.99. The third-order valence-electron chi connectivity index (χ3n) is 3.82. The third kappa shape index (κ3) is 3.83. The van der Waals surface area contributed by atoms with Crippen LogP contribution in [0.1, 0.15) is 33.0 Å². The lowest BCUT2D eigenvalue weighted by atomic mass is 10.1. The summed E-state index contributed by atoms with van der Waals surface area (Å²) in [7, 11) is 0. The molecule has 0 spiro atoms. The number of para-hydroxylation sites is 1. The molecule has 0 saturated heterocycles. The number of ether oxygens (including phenoxy) is 1. The van der Waals surface area contributed by atoms with Crippen LogP contribution in [-0.2, 0) is 0 Å². The Hall–Kier alpha value is -3.34. The fourth-order valence-electron chi connectivity index (χ4n) is 2.49. The van der Waals surface area contributed by atoms with E-state index in [4.69, 9.17) is 9.15 Å². The van der Waals surface area contributed by atoms with Crippen LogP contribution in [0.2, 0.25) is 0 Å². The van der Waals surface area contributed by atoms with Crippen molar-refractivity contribution >= 4 is 18.1 Å². The van der Waals surface area contributed by atoms with E-state index in [1.165, 1.54) is 24.3 Å². The highest BCUT2D eigenvalue weighted by molar-refractivity contribution is 5.88. The molecule has 132 valence electrons. The summed E-state index contributed by atoms with van der Waals surface area (Å²) in [6, 6.07) is 12.4. The van der Waals surface area contributed by atoms with Crippen molar-refractivity contribution in [1.82, 2.24) is 0 Å². The van der Waals surface area contributed by atoms with Crippen LogP contribution in [-0.4, -0.2) is 11.1 Å². The Morgan fingerprint density at radius 2 is 1.77 bits per heavy atom. The highest BCUT2D eigenvalue weighted by Crippen LogP contribution is 2.24. The van der Waals surface area contributed by atoms with Crippen LogP contribution in [0.3, 0.4) is 0 Å². The summed E-state index contributed by atoms with van der Waals surface area (Å²) in [6.07, 6.45) is 3.51. The van der Waals surface area contributed by atoms with Gasteiger partial charge in [0.05, 0.1) is 0 Å². The molecule has 0 aliphatic carbocycles. The van der Waals surface area contributed by atoms with E-state index < -0.39 is 11.8 Å². The predicted molar refractivity (Wildman–Crippen MR) is 96.6 cm³/mol. The van der Waals surface area contributed by atoms with Crippen LogP contribution in [0, 0.1) is 19.7 Å². The molecule has 0 aliphatic rings. The number of carbonyl (C=O) groups is 1. The fraction of sp³-hybridized carbons (Fsp3) is 0.0952. The van der Waals surface area contributed by atoms with Gasteiger partial charge in [0, 0.05) is 0 Å². The van der Waals surface area contributed by atoms with Crippen molar-refractivity contribution in [3.63, 3.8) is 0 Å². The van der Waals surface area contributed by atoms with Gasteiger partial charge in [-0.25, -0.2) is 9.18 Å². The number of phenols is 1. The molecule has 5 heteroatoms. The van der Waals surface area contributed by atoms with Gasteiger partial charge < -0.3 is 14.3 Å². The van der Waals surface area contributed by atoms with Gasteiger partial charge in [0.2, 0.25) is 5.76 Å². The van der Waals surface area contributed by atoms with Crippen LogP contribution in [0.25, 0.3) is 12.2 Å². The van der Waals surface area contributed by atoms with Gasteiger partial charge in [0.15, 0.2) is 11.6 Å². The number of carbonyl (C=O) groups excluding carboxylic acids is 1. The molecule has 0 unspecified atom stereocenters. The number of rotatable bonds is 4. The van der Waals surface area contributed by atoms with E-state index in [-0.39, 0.29) is 17.3 Å². The number of phenolic OH excluding ortho intramolecular Hbond substituents is 1. The highest BCUT2D eigenvalue weighted by Gasteiger charge is 2.15. The molecule has 1 N–H and O–H groups in total. The maximum atomic E-state index is 13.5. The topological polar surface area (TPSA) is 59.7 Å². The smallest absolute Gasteiger partial charge is 0.379 e. The lowest BCUT2D eigenvalue weighted by Gasteiger charge is -2.04. The van der Waals surface area contributed by atoms with Crippen LogP contribution in [0.15, 0.2) is 52.9 Å². The monoisotopic (exact) mass is 352 g/mol. The molecule has 26 heavy (non-hydrogen) atoms. The number of benzene rings is 2. The van der Waals surface area contributed by atoms with Crippen molar-refractivity contribution in [3.05, 3.63) is 82.6 Å². The number of aryl methyl sites for hydroxylation is 2. The van der Waals surface area contributed by atoms with Gasteiger partial charge in [0.25, 0.3) is 0 Å². The van der Waals surface area contributed by atoms with Gasteiger partial charge >= 0.3 is 5.97 Å². The molecule has 0 radical (unpaired) electrons. The zero-order valence-corrected chi connectivity index (χ0v) is 14.3. The zero-order valence-electron chi connectivity index (χ0n) is 14.3. The normalized spacial score (nSPS) is 11.0. The molecule has 2 aromatic carbocycles. The average molecular weight is 352 g/mol. The second kappa shape index (κ2) is 7.27. The standard InChI is InChI=1S/C21H17FO4/c1-13-11-15(12-14(2)20(13)23)7-8-16-9-10-19(25-16)21(24)26-18-6-4-3-5-17(18)22/h3-12,23H,1-2H3/b8-7+. The van der Waals surface area contributed by atoms with E-state index in [0.717, 1.165) is 16.7 Å². The summed E-state index contributed by atoms with van der Waals surface area (Å²) in [4.78, 5) is 12.0. The minimum Gasteiger partial charge on any atom is -0.507 e. The zero-order chi connectivity index (χ0) is 18.7.